The molecule has 0 radical (unpaired) electrons. The van der Waals surface area contributed by atoms with E-state index in [1.807, 2.05) is 13.0 Å². The number of nitrogens with zero attached hydrogens (tertiary/aromatic N) is 2. The molecule has 7 heteroatoms. The van der Waals surface area contributed by atoms with Gasteiger partial charge in [0, 0.05) is 26.7 Å². The first-order valence-electron chi connectivity index (χ1n) is 10.2. The van der Waals surface area contributed by atoms with Gasteiger partial charge >= 0.3 is 0 Å². The molecule has 0 amide bonds. The lowest BCUT2D eigenvalue weighted by Gasteiger charge is -2.26. The summed E-state index contributed by atoms with van der Waals surface area (Å²) in [4.78, 5) is 6.85. The first-order chi connectivity index (χ1) is 13.8. The Morgan fingerprint density at radius 2 is 1.86 bits per heavy atom. The number of hydrogen-bond donors (Lipinski definition) is 2. The third-order valence-electron chi connectivity index (χ3n) is 5.10. The summed E-state index contributed by atoms with van der Waals surface area (Å²) in [7, 11) is 1.80. The van der Waals surface area contributed by atoms with Crippen molar-refractivity contribution in [3.63, 3.8) is 0 Å². The van der Waals surface area contributed by atoms with Gasteiger partial charge in [0.1, 0.15) is 5.76 Å². The highest BCUT2D eigenvalue weighted by Gasteiger charge is 2.25. The van der Waals surface area contributed by atoms with E-state index in [-0.39, 0.29) is 30.0 Å². The second-order valence-corrected chi connectivity index (χ2v) is 7.03. The SMILES string of the molecule is CCOCc1ccc(CNC(=NC)NCC(c2ccco2)N2CCCC2)cc1.I. The van der Waals surface area contributed by atoms with E-state index in [9.17, 15) is 0 Å². The van der Waals surface area contributed by atoms with Crippen molar-refractivity contribution >= 4 is 29.9 Å². The largest absolute Gasteiger partial charge is 0.468 e. The van der Waals surface area contributed by atoms with E-state index in [2.05, 4.69) is 50.9 Å². The van der Waals surface area contributed by atoms with Crippen LogP contribution < -0.4 is 10.6 Å². The fourth-order valence-electron chi connectivity index (χ4n) is 3.52. The van der Waals surface area contributed by atoms with Crippen molar-refractivity contribution in [3.8, 4) is 0 Å². The van der Waals surface area contributed by atoms with Crippen molar-refractivity contribution in [1.29, 1.82) is 0 Å². The van der Waals surface area contributed by atoms with Gasteiger partial charge in [0.15, 0.2) is 5.96 Å². The first-order valence-corrected chi connectivity index (χ1v) is 10.2. The van der Waals surface area contributed by atoms with Crippen LogP contribution in [-0.4, -0.2) is 44.1 Å². The highest BCUT2D eigenvalue weighted by atomic mass is 127. The predicted molar refractivity (Wildman–Crippen MR) is 128 cm³/mol. The summed E-state index contributed by atoms with van der Waals surface area (Å²) in [6.07, 6.45) is 4.26. The lowest BCUT2D eigenvalue weighted by molar-refractivity contribution is 0.134. The van der Waals surface area contributed by atoms with Crippen molar-refractivity contribution in [1.82, 2.24) is 15.5 Å². The van der Waals surface area contributed by atoms with Crippen molar-refractivity contribution in [2.75, 3.05) is 33.3 Å². The van der Waals surface area contributed by atoms with Crippen LogP contribution in [0, 0.1) is 0 Å². The molecule has 1 aliphatic rings. The Labute approximate surface area is 191 Å². The maximum Gasteiger partial charge on any atom is 0.191 e. The van der Waals surface area contributed by atoms with Gasteiger partial charge in [0.2, 0.25) is 0 Å². The number of furan rings is 1. The topological polar surface area (TPSA) is 62.0 Å². The van der Waals surface area contributed by atoms with E-state index in [4.69, 9.17) is 9.15 Å². The summed E-state index contributed by atoms with van der Waals surface area (Å²) in [6.45, 7) is 7.14. The van der Waals surface area contributed by atoms with Crippen molar-refractivity contribution in [2.45, 2.75) is 39.0 Å². The molecule has 1 aliphatic heterocycles. The standard InChI is InChI=1S/C22H32N4O2.HI/c1-3-27-17-19-10-8-18(9-11-19)15-24-22(23-2)25-16-20(21-7-6-14-28-21)26-12-4-5-13-26;/h6-11,14,20H,3-5,12-13,15-17H2,1-2H3,(H2,23,24,25);1H. The number of halogens is 1. The molecule has 0 bridgehead atoms. The Bertz CT molecular complexity index is 713. The molecule has 2 heterocycles. The van der Waals surface area contributed by atoms with Gasteiger partial charge in [-0.1, -0.05) is 24.3 Å². The number of benzene rings is 1. The molecule has 2 aromatic rings. The normalized spacial score (nSPS) is 15.7. The molecular weight excluding hydrogens is 479 g/mol. The van der Waals surface area contributed by atoms with Crippen molar-refractivity contribution < 1.29 is 9.15 Å². The minimum Gasteiger partial charge on any atom is -0.468 e. The summed E-state index contributed by atoms with van der Waals surface area (Å²) in [5.41, 5.74) is 2.41. The number of hydrogen-bond acceptors (Lipinski definition) is 4. The number of aliphatic imine (C=N–C) groups is 1. The number of rotatable bonds is 9. The third-order valence-corrected chi connectivity index (χ3v) is 5.10. The number of nitrogens with one attached hydrogen (secondary N) is 2. The van der Waals surface area contributed by atoms with Gasteiger partial charge in [-0.3, -0.25) is 9.89 Å². The summed E-state index contributed by atoms with van der Waals surface area (Å²) in [6, 6.07) is 12.7. The van der Waals surface area contributed by atoms with Crippen LogP contribution in [0.4, 0.5) is 0 Å². The lowest BCUT2D eigenvalue weighted by Crippen LogP contribution is -2.42. The van der Waals surface area contributed by atoms with Gasteiger partial charge in [0.05, 0.1) is 18.9 Å². The maximum atomic E-state index is 5.69. The van der Waals surface area contributed by atoms with Gasteiger partial charge in [-0.2, -0.15) is 0 Å². The highest BCUT2D eigenvalue weighted by molar-refractivity contribution is 14.0. The van der Waals surface area contributed by atoms with Crippen LogP contribution in [0.3, 0.4) is 0 Å². The van der Waals surface area contributed by atoms with Gasteiger partial charge in [-0.05, 0) is 56.1 Å². The predicted octanol–water partition coefficient (Wildman–Crippen LogP) is 3.94. The quantitative estimate of drug-likeness (QED) is 0.303. The molecule has 160 valence electrons. The van der Waals surface area contributed by atoms with E-state index in [1.54, 1.807) is 13.3 Å². The van der Waals surface area contributed by atoms with Crippen LogP contribution in [0.15, 0.2) is 52.1 Å². The molecule has 1 unspecified atom stereocenters. The Morgan fingerprint density at radius 1 is 1.14 bits per heavy atom. The smallest absolute Gasteiger partial charge is 0.191 e. The van der Waals surface area contributed by atoms with Crippen LogP contribution in [0.25, 0.3) is 0 Å². The number of ether oxygens (including phenoxy) is 1. The van der Waals surface area contributed by atoms with E-state index in [1.165, 1.54) is 24.0 Å². The summed E-state index contributed by atoms with van der Waals surface area (Å²) in [5.74, 6) is 1.81. The second kappa shape index (κ2) is 12.9. The van der Waals surface area contributed by atoms with E-state index >= 15 is 0 Å². The van der Waals surface area contributed by atoms with Crippen LogP contribution in [0.2, 0.25) is 0 Å². The van der Waals surface area contributed by atoms with E-state index in [0.717, 1.165) is 44.5 Å². The zero-order valence-electron chi connectivity index (χ0n) is 17.4. The summed E-state index contributed by atoms with van der Waals surface area (Å²) in [5, 5.41) is 6.86. The van der Waals surface area contributed by atoms with Gasteiger partial charge in [0.25, 0.3) is 0 Å². The Morgan fingerprint density at radius 3 is 2.48 bits per heavy atom. The molecule has 6 nitrogen and oxygen atoms in total. The van der Waals surface area contributed by atoms with E-state index < -0.39 is 0 Å². The minimum absolute atomic E-state index is 0. The minimum atomic E-state index is 0. The van der Waals surface area contributed by atoms with Crippen LogP contribution in [0.1, 0.15) is 42.7 Å². The van der Waals surface area contributed by atoms with Crippen molar-refractivity contribution in [3.05, 3.63) is 59.5 Å². The molecule has 3 rings (SSSR count). The average molecular weight is 512 g/mol. The summed E-state index contributed by atoms with van der Waals surface area (Å²) >= 11 is 0. The maximum absolute atomic E-state index is 5.69. The Hall–Kier alpha value is -1.58. The molecule has 1 aromatic heterocycles. The molecule has 1 saturated heterocycles. The average Bonchev–Trinajstić information content (AvgIpc) is 3.44. The van der Waals surface area contributed by atoms with Gasteiger partial charge < -0.3 is 19.8 Å². The summed E-state index contributed by atoms with van der Waals surface area (Å²) < 4.78 is 11.1. The molecular formula is C22H33IN4O2. The molecule has 2 N–H and O–H groups in total. The number of guanidine groups is 1. The molecule has 0 saturated carbocycles. The fraction of sp³-hybridized carbons (Fsp3) is 0.500. The molecule has 0 aliphatic carbocycles. The fourth-order valence-corrected chi connectivity index (χ4v) is 3.52. The third kappa shape index (κ3) is 7.31. The van der Waals surface area contributed by atoms with Crippen LogP contribution >= 0.6 is 24.0 Å². The van der Waals surface area contributed by atoms with Gasteiger partial charge in [-0.15, -0.1) is 24.0 Å². The first kappa shape index (κ1) is 23.7. The molecule has 1 aromatic carbocycles. The highest BCUT2D eigenvalue weighted by Crippen LogP contribution is 2.24. The zero-order valence-corrected chi connectivity index (χ0v) is 19.7. The van der Waals surface area contributed by atoms with Crippen molar-refractivity contribution in [2.24, 2.45) is 4.99 Å². The molecule has 1 fully saturated rings. The molecule has 0 spiro atoms. The van der Waals surface area contributed by atoms with Gasteiger partial charge in [-0.25, -0.2) is 0 Å². The monoisotopic (exact) mass is 512 g/mol. The zero-order chi connectivity index (χ0) is 19.6. The number of likely N-dealkylation sites (tertiary alicyclic amines) is 1. The lowest BCUT2D eigenvalue weighted by atomic mass is 10.1. The molecule has 29 heavy (non-hydrogen) atoms. The molecule has 1 atom stereocenters. The van der Waals surface area contributed by atoms with Crippen LogP contribution in [0.5, 0.6) is 0 Å². The second-order valence-electron chi connectivity index (χ2n) is 7.03. The Balaban J connectivity index is 0.00000300. The van der Waals surface area contributed by atoms with Crippen LogP contribution in [-0.2, 0) is 17.9 Å². The Kier molecular flexibility index (Phi) is 10.5. The van der Waals surface area contributed by atoms with E-state index in [0.29, 0.717) is 6.61 Å².